The van der Waals surface area contributed by atoms with E-state index in [2.05, 4.69) is 5.32 Å². The number of ether oxygens (including phenoxy) is 1. The topological polar surface area (TPSA) is 58.6 Å². The molecule has 1 aromatic rings. The SMILES string of the molecule is COc1ccccc1CC1(C(=O)O)CCNC1. The van der Waals surface area contributed by atoms with Gasteiger partial charge in [-0.3, -0.25) is 4.79 Å². The fraction of sp³-hybridized carbons (Fsp3) is 0.462. The van der Waals surface area contributed by atoms with Gasteiger partial charge in [-0.15, -0.1) is 0 Å². The molecule has 0 bridgehead atoms. The minimum atomic E-state index is -0.728. The summed E-state index contributed by atoms with van der Waals surface area (Å²) in [7, 11) is 1.61. The quantitative estimate of drug-likeness (QED) is 0.826. The Balaban J connectivity index is 2.26. The third-order valence-electron chi connectivity index (χ3n) is 3.42. The van der Waals surface area contributed by atoms with Gasteiger partial charge in [0.25, 0.3) is 0 Å². The summed E-state index contributed by atoms with van der Waals surface area (Å²) in [4.78, 5) is 11.4. The zero-order chi connectivity index (χ0) is 12.3. The van der Waals surface area contributed by atoms with Gasteiger partial charge >= 0.3 is 5.97 Å². The van der Waals surface area contributed by atoms with E-state index in [1.807, 2.05) is 24.3 Å². The maximum atomic E-state index is 11.4. The van der Waals surface area contributed by atoms with Crippen LogP contribution >= 0.6 is 0 Å². The maximum absolute atomic E-state index is 11.4. The first-order valence-electron chi connectivity index (χ1n) is 5.74. The average Bonchev–Trinajstić information content (AvgIpc) is 2.80. The molecule has 0 aromatic heterocycles. The first-order valence-corrected chi connectivity index (χ1v) is 5.74. The van der Waals surface area contributed by atoms with E-state index in [-0.39, 0.29) is 0 Å². The predicted molar refractivity (Wildman–Crippen MR) is 64.3 cm³/mol. The van der Waals surface area contributed by atoms with Crippen molar-refractivity contribution in [1.29, 1.82) is 0 Å². The molecule has 0 aliphatic carbocycles. The van der Waals surface area contributed by atoms with Gasteiger partial charge in [0.2, 0.25) is 0 Å². The van der Waals surface area contributed by atoms with Crippen LogP contribution in [0.3, 0.4) is 0 Å². The number of methoxy groups -OCH3 is 1. The van der Waals surface area contributed by atoms with Crippen molar-refractivity contribution >= 4 is 5.97 Å². The van der Waals surface area contributed by atoms with Gasteiger partial charge < -0.3 is 15.2 Å². The molecule has 0 saturated carbocycles. The summed E-state index contributed by atoms with van der Waals surface area (Å²) in [5, 5.41) is 12.5. The molecule has 17 heavy (non-hydrogen) atoms. The first-order chi connectivity index (χ1) is 8.18. The Morgan fingerprint density at radius 1 is 1.53 bits per heavy atom. The zero-order valence-corrected chi connectivity index (χ0v) is 9.90. The lowest BCUT2D eigenvalue weighted by Gasteiger charge is -2.23. The molecule has 0 amide bonds. The van der Waals surface area contributed by atoms with Crippen LogP contribution < -0.4 is 10.1 Å². The van der Waals surface area contributed by atoms with Crippen LogP contribution in [0.5, 0.6) is 5.75 Å². The molecule has 0 radical (unpaired) electrons. The number of aliphatic carboxylic acids is 1. The van der Waals surface area contributed by atoms with E-state index in [0.29, 0.717) is 19.4 Å². The van der Waals surface area contributed by atoms with Gasteiger partial charge in [-0.2, -0.15) is 0 Å². The van der Waals surface area contributed by atoms with Crippen LogP contribution in [-0.2, 0) is 11.2 Å². The van der Waals surface area contributed by atoms with E-state index in [9.17, 15) is 9.90 Å². The highest BCUT2D eigenvalue weighted by molar-refractivity contribution is 5.76. The van der Waals surface area contributed by atoms with Crippen LogP contribution in [0.1, 0.15) is 12.0 Å². The summed E-state index contributed by atoms with van der Waals surface area (Å²) in [6.07, 6.45) is 1.18. The zero-order valence-electron chi connectivity index (χ0n) is 9.90. The van der Waals surface area contributed by atoms with Crippen molar-refractivity contribution in [2.45, 2.75) is 12.8 Å². The largest absolute Gasteiger partial charge is 0.496 e. The summed E-state index contributed by atoms with van der Waals surface area (Å²) < 4.78 is 5.27. The van der Waals surface area contributed by atoms with Crippen LogP contribution in [0.15, 0.2) is 24.3 Å². The Morgan fingerprint density at radius 3 is 2.88 bits per heavy atom. The number of para-hydroxylation sites is 1. The molecule has 92 valence electrons. The van der Waals surface area contributed by atoms with E-state index < -0.39 is 11.4 Å². The van der Waals surface area contributed by atoms with E-state index in [4.69, 9.17) is 4.74 Å². The smallest absolute Gasteiger partial charge is 0.311 e. The molecule has 1 fully saturated rings. The van der Waals surface area contributed by atoms with E-state index in [1.165, 1.54) is 0 Å². The highest BCUT2D eigenvalue weighted by atomic mass is 16.5. The van der Waals surface area contributed by atoms with Gasteiger partial charge in [0.1, 0.15) is 5.75 Å². The van der Waals surface area contributed by atoms with Gasteiger partial charge in [0, 0.05) is 6.54 Å². The summed E-state index contributed by atoms with van der Waals surface area (Å²) in [5.41, 5.74) is 0.273. The molecule has 1 atom stereocenters. The molecule has 1 heterocycles. The Labute approximate surface area is 101 Å². The molecular weight excluding hydrogens is 218 g/mol. The number of hydrogen-bond acceptors (Lipinski definition) is 3. The number of rotatable bonds is 4. The van der Waals surface area contributed by atoms with E-state index >= 15 is 0 Å². The fourth-order valence-electron chi connectivity index (χ4n) is 2.37. The molecule has 1 saturated heterocycles. The number of nitrogens with one attached hydrogen (secondary N) is 1. The Kier molecular flexibility index (Phi) is 3.33. The Hall–Kier alpha value is -1.55. The summed E-state index contributed by atoms with van der Waals surface area (Å²) in [6.45, 7) is 1.29. The van der Waals surface area contributed by atoms with Crippen molar-refractivity contribution in [3.63, 3.8) is 0 Å². The Morgan fingerprint density at radius 2 is 2.29 bits per heavy atom. The van der Waals surface area contributed by atoms with Crippen molar-refractivity contribution in [3.05, 3.63) is 29.8 Å². The number of carboxylic acid groups (broad SMARTS) is 1. The number of hydrogen-bond donors (Lipinski definition) is 2. The standard InChI is InChI=1S/C13H17NO3/c1-17-11-5-3-2-4-10(11)8-13(12(15)16)6-7-14-9-13/h2-5,14H,6-9H2,1H3,(H,15,16). The predicted octanol–water partition coefficient (Wildman–Crippen LogP) is 1.30. The van der Waals surface area contributed by atoms with Crippen molar-refractivity contribution in [2.24, 2.45) is 5.41 Å². The average molecular weight is 235 g/mol. The summed E-state index contributed by atoms with van der Waals surface area (Å²) >= 11 is 0. The molecule has 4 heteroatoms. The van der Waals surface area contributed by atoms with Gasteiger partial charge in [0.15, 0.2) is 0 Å². The lowest BCUT2D eigenvalue weighted by atomic mass is 9.80. The third kappa shape index (κ3) is 2.26. The fourth-order valence-corrected chi connectivity index (χ4v) is 2.37. The monoisotopic (exact) mass is 235 g/mol. The highest BCUT2D eigenvalue weighted by Gasteiger charge is 2.41. The molecular formula is C13H17NO3. The molecule has 1 unspecified atom stereocenters. The number of carboxylic acids is 1. The van der Waals surface area contributed by atoms with Gasteiger partial charge in [-0.1, -0.05) is 18.2 Å². The van der Waals surface area contributed by atoms with Crippen molar-refractivity contribution in [1.82, 2.24) is 5.32 Å². The summed E-state index contributed by atoms with van der Waals surface area (Å²) in [5.74, 6) is 0.0356. The molecule has 2 rings (SSSR count). The van der Waals surface area contributed by atoms with Gasteiger partial charge in [-0.25, -0.2) is 0 Å². The minimum absolute atomic E-state index is 0.513. The van der Waals surface area contributed by atoms with Crippen LogP contribution in [0.4, 0.5) is 0 Å². The normalized spacial score (nSPS) is 23.6. The Bertz CT molecular complexity index is 411. The van der Waals surface area contributed by atoms with Crippen LogP contribution in [0.2, 0.25) is 0 Å². The number of carbonyl (C=O) groups is 1. The molecule has 1 aliphatic heterocycles. The highest BCUT2D eigenvalue weighted by Crippen LogP contribution is 2.33. The second-order valence-corrected chi connectivity index (χ2v) is 4.50. The van der Waals surface area contributed by atoms with Crippen molar-refractivity contribution in [3.8, 4) is 5.75 Å². The minimum Gasteiger partial charge on any atom is -0.496 e. The van der Waals surface area contributed by atoms with E-state index in [0.717, 1.165) is 17.9 Å². The molecule has 1 aromatic carbocycles. The molecule has 2 N–H and O–H groups in total. The van der Waals surface area contributed by atoms with Crippen molar-refractivity contribution < 1.29 is 14.6 Å². The lowest BCUT2D eigenvalue weighted by Crippen LogP contribution is -2.35. The van der Waals surface area contributed by atoms with Gasteiger partial charge in [-0.05, 0) is 31.0 Å². The molecule has 4 nitrogen and oxygen atoms in total. The molecule has 1 aliphatic rings. The third-order valence-corrected chi connectivity index (χ3v) is 3.42. The second kappa shape index (κ2) is 4.75. The molecule has 0 spiro atoms. The summed E-state index contributed by atoms with van der Waals surface area (Å²) in [6, 6.07) is 7.60. The lowest BCUT2D eigenvalue weighted by molar-refractivity contribution is -0.147. The van der Waals surface area contributed by atoms with Crippen LogP contribution in [0, 0.1) is 5.41 Å². The van der Waals surface area contributed by atoms with E-state index in [1.54, 1.807) is 7.11 Å². The van der Waals surface area contributed by atoms with Gasteiger partial charge in [0.05, 0.1) is 12.5 Å². The van der Waals surface area contributed by atoms with Crippen LogP contribution in [-0.4, -0.2) is 31.3 Å². The first kappa shape index (κ1) is 11.9. The maximum Gasteiger partial charge on any atom is 0.311 e. The van der Waals surface area contributed by atoms with Crippen molar-refractivity contribution in [2.75, 3.05) is 20.2 Å². The second-order valence-electron chi connectivity index (χ2n) is 4.50. The number of benzene rings is 1. The van der Waals surface area contributed by atoms with Crippen LogP contribution in [0.25, 0.3) is 0 Å².